The van der Waals surface area contributed by atoms with Crippen molar-refractivity contribution in [1.82, 2.24) is 19.6 Å². The number of rotatable bonds is 7. The fraction of sp³-hybridized carbons (Fsp3) is 0.333. The molecule has 1 amide bonds. The molecule has 1 fully saturated rings. The molecular formula is C24H27Cl2FN4O2S. The van der Waals surface area contributed by atoms with Crippen LogP contribution in [0.4, 0.5) is 4.39 Å². The van der Waals surface area contributed by atoms with Gasteiger partial charge >= 0.3 is 0 Å². The molecule has 4 heterocycles. The minimum Gasteiger partial charge on any atom is -0.492 e. The van der Waals surface area contributed by atoms with Crippen LogP contribution in [0, 0.1) is 11.7 Å². The van der Waals surface area contributed by atoms with Gasteiger partial charge in [-0.1, -0.05) is 23.9 Å². The number of ether oxygens (including phenoxy) is 1. The summed E-state index contributed by atoms with van der Waals surface area (Å²) in [7, 11) is 0. The molecule has 34 heavy (non-hydrogen) atoms. The third kappa shape index (κ3) is 6.05. The highest BCUT2D eigenvalue weighted by Crippen LogP contribution is 2.34. The second kappa shape index (κ2) is 11.9. The number of pyridine rings is 1. The molecule has 0 bridgehead atoms. The number of aromatic nitrogens is 2. The predicted molar refractivity (Wildman–Crippen MR) is 138 cm³/mol. The lowest BCUT2D eigenvalue weighted by atomic mass is 9.97. The van der Waals surface area contributed by atoms with Crippen LogP contribution in [0.15, 0.2) is 58.6 Å². The van der Waals surface area contributed by atoms with E-state index in [1.54, 1.807) is 18.3 Å². The van der Waals surface area contributed by atoms with E-state index in [1.165, 1.54) is 23.9 Å². The number of amides is 1. The lowest BCUT2D eigenvalue weighted by molar-refractivity contribution is -0.117. The molecule has 6 nitrogen and oxygen atoms in total. The van der Waals surface area contributed by atoms with Crippen LogP contribution in [-0.2, 0) is 4.79 Å². The number of nitrogens with zero attached hydrogens (tertiary/aromatic N) is 3. The number of thioether (sulfide) groups is 1. The second-order valence-electron chi connectivity index (χ2n) is 8.15. The van der Waals surface area contributed by atoms with Crippen LogP contribution >= 0.6 is 36.6 Å². The van der Waals surface area contributed by atoms with Gasteiger partial charge in [0.1, 0.15) is 23.8 Å². The smallest absolute Gasteiger partial charge is 0.258 e. The van der Waals surface area contributed by atoms with Gasteiger partial charge in [0.2, 0.25) is 0 Å². The molecule has 0 spiro atoms. The first kappa shape index (κ1) is 26.3. The first-order chi connectivity index (χ1) is 15.7. The third-order valence-corrected chi connectivity index (χ3v) is 7.02. The van der Waals surface area contributed by atoms with Gasteiger partial charge in [-0.2, -0.15) is 0 Å². The minimum atomic E-state index is -0.282. The van der Waals surface area contributed by atoms with Gasteiger partial charge in [-0.3, -0.25) is 14.1 Å². The highest BCUT2D eigenvalue weighted by atomic mass is 35.5. The molecular weight excluding hydrogens is 498 g/mol. The van der Waals surface area contributed by atoms with Crippen molar-refractivity contribution in [2.24, 2.45) is 5.92 Å². The largest absolute Gasteiger partial charge is 0.492 e. The first-order valence-electron chi connectivity index (χ1n) is 10.9. The number of imidazole rings is 1. The molecule has 0 unspecified atom stereocenters. The van der Waals surface area contributed by atoms with Crippen LogP contribution < -0.4 is 10.1 Å². The number of likely N-dealkylation sites (tertiary alicyclic amines) is 1. The van der Waals surface area contributed by atoms with E-state index >= 15 is 0 Å². The summed E-state index contributed by atoms with van der Waals surface area (Å²) in [6, 6.07) is 12.2. The summed E-state index contributed by atoms with van der Waals surface area (Å²) in [5.41, 5.74) is 1.84. The van der Waals surface area contributed by atoms with E-state index in [2.05, 4.69) is 19.6 Å². The standard InChI is InChI=1S/C24H25FN4O2S.2ClH/c25-18-3-1-4-20(13-18)31-12-11-28-9-7-17(8-10-28)15-27-24(30)21-14-19-16-26-22-5-2-6-23(32-21)29(19)22;;/h1-6,13-14,16-17H,7-12,15H2,(H,27,30);2*1H. The van der Waals surface area contributed by atoms with E-state index < -0.39 is 0 Å². The van der Waals surface area contributed by atoms with Gasteiger partial charge in [-0.05, 0) is 62.2 Å². The minimum absolute atomic E-state index is 0. The van der Waals surface area contributed by atoms with Crippen molar-refractivity contribution < 1.29 is 13.9 Å². The molecule has 0 saturated carbocycles. The van der Waals surface area contributed by atoms with Gasteiger partial charge < -0.3 is 10.1 Å². The average Bonchev–Trinajstić information content (AvgIpc) is 3.23. The average molecular weight is 525 g/mol. The number of hydrogen-bond acceptors (Lipinski definition) is 5. The number of carbonyl (C=O) groups is 1. The number of carbonyl (C=O) groups excluding carboxylic acids is 1. The van der Waals surface area contributed by atoms with Gasteiger partial charge in [0.15, 0.2) is 0 Å². The van der Waals surface area contributed by atoms with E-state index in [9.17, 15) is 9.18 Å². The SMILES string of the molecule is Cl.Cl.O=C(NCC1CCN(CCOc2cccc(F)c2)CC1)C1=Cc2cnc3cccc(n23)S1. The molecule has 1 aromatic carbocycles. The van der Waals surface area contributed by atoms with Crippen LogP contribution in [-0.4, -0.2) is 53.0 Å². The molecule has 10 heteroatoms. The molecule has 2 aromatic heterocycles. The van der Waals surface area contributed by atoms with E-state index in [0.29, 0.717) is 29.7 Å². The Balaban J connectivity index is 0.00000162. The number of hydrogen-bond donors (Lipinski definition) is 1. The first-order valence-corrected chi connectivity index (χ1v) is 11.7. The van der Waals surface area contributed by atoms with Gasteiger partial charge in [-0.25, -0.2) is 9.37 Å². The van der Waals surface area contributed by atoms with E-state index in [0.717, 1.165) is 48.8 Å². The van der Waals surface area contributed by atoms with Gasteiger partial charge in [0, 0.05) is 19.2 Å². The normalized spacial score (nSPS) is 15.7. The van der Waals surface area contributed by atoms with E-state index in [1.807, 2.05) is 24.3 Å². The van der Waals surface area contributed by atoms with Gasteiger partial charge in [0.05, 0.1) is 21.8 Å². The Morgan fingerprint density at radius 1 is 1.18 bits per heavy atom. The van der Waals surface area contributed by atoms with Crippen molar-refractivity contribution in [3.8, 4) is 5.75 Å². The number of halogens is 3. The molecule has 3 aromatic rings. The highest BCUT2D eigenvalue weighted by Gasteiger charge is 2.23. The monoisotopic (exact) mass is 524 g/mol. The molecule has 2 aliphatic rings. The van der Waals surface area contributed by atoms with Crippen LogP contribution in [0.2, 0.25) is 0 Å². The van der Waals surface area contributed by atoms with Crippen molar-refractivity contribution in [3.05, 3.63) is 65.1 Å². The maximum Gasteiger partial charge on any atom is 0.258 e. The molecule has 5 rings (SSSR count). The molecule has 0 radical (unpaired) electrons. The summed E-state index contributed by atoms with van der Waals surface area (Å²) < 4.78 is 20.9. The molecule has 1 N–H and O–H groups in total. The molecule has 0 aliphatic carbocycles. The summed E-state index contributed by atoms with van der Waals surface area (Å²) >= 11 is 1.48. The van der Waals surface area contributed by atoms with Crippen molar-refractivity contribution in [1.29, 1.82) is 0 Å². The number of nitrogens with one attached hydrogen (secondary N) is 1. The molecule has 182 valence electrons. The summed E-state index contributed by atoms with van der Waals surface area (Å²) in [6.07, 6.45) is 5.80. The van der Waals surface area contributed by atoms with E-state index in [4.69, 9.17) is 4.74 Å². The Kier molecular flexibility index (Phi) is 9.24. The zero-order valence-electron chi connectivity index (χ0n) is 18.5. The maximum atomic E-state index is 13.2. The Labute approximate surface area is 214 Å². The topological polar surface area (TPSA) is 58.9 Å². The quantitative estimate of drug-likeness (QED) is 0.486. The van der Waals surface area contributed by atoms with Crippen LogP contribution in [0.1, 0.15) is 18.5 Å². The Hall–Kier alpha value is -2.26. The third-order valence-electron chi connectivity index (χ3n) is 5.97. The van der Waals surface area contributed by atoms with Crippen molar-refractivity contribution in [2.45, 2.75) is 17.9 Å². The predicted octanol–water partition coefficient (Wildman–Crippen LogP) is 4.67. The summed E-state index contributed by atoms with van der Waals surface area (Å²) in [6.45, 7) is 4.00. The van der Waals surface area contributed by atoms with E-state index in [-0.39, 0.29) is 36.5 Å². The number of benzene rings is 1. The van der Waals surface area contributed by atoms with Crippen molar-refractivity contribution in [3.63, 3.8) is 0 Å². The summed E-state index contributed by atoms with van der Waals surface area (Å²) in [5.74, 6) is 0.736. The molecule has 2 aliphatic heterocycles. The highest BCUT2D eigenvalue weighted by molar-refractivity contribution is 8.04. The zero-order chi connectivity index (χ0) is 21.9. The van der Waals surface area contributed by atoms with Crippen LogP contribution in [0.3, 0.4) is 0 Å². The van der Waals surface area contributed by atoms with Crippen LogP contribution in [0.5, 0.6) is 5.75 Å². The fourth-order valence-corrected chi connectivity index (χ4v) is 5.19. The molecule has 1 saturated heterocycles. The lowest BCUT2D eigenvalue weighted by Gasteiger charge is -2.32. The van der Waals surface area contributed by atoms with Gasteiger partial charge in [-0.15, -0.1) is 24.8 Å². The second-order valence-corrected chi connectivity index (χ2v) is 9.21. The van der Waals surface area contributed by atoms with Crippen molar-refractivity contribution >= 4 is 54.2 Å². The number of piperidine rings is 1. The fourth-order valence-electron chi connectivity index (χ4n) is 4.19. The van der Waals surface area contributed by atoms with Crippen LogP contribution in [0.25, 0.3) is 11.7 Å². The maximum absolute atomic E-state index is 13.2. The Bertz CT molecular complexity index is 1160. The Morgan fingerprint density at radius 3 is 2.76 bits per heavy atom. The molecule has 0 atom stereocenters. The Morgan fingerprint density at radius 2 is 1.97 bits per heavy atom. The van der Waals surface area contributed by atoms with Crippen molar-refractivity contribution in [2.75, 3.05) is 32.8 Å². The summed E-state index contributed by atoms with van der Waals surface area (Å²) in [4.78, 5) is 20.2. The summed E-state index contributed by atoms with van der Waals surface area (Å²) in [5, 5.41) is 4.14. The van der Waals surface area contributed by atoms with Gasteiger partial charge in [0.25, 0.3) is 5.91 Å². The zero-order valence-corrected chi connectivity index (χ0v) is 20.9. The lowest BCUT2D eigenvalue weighted by Crippen LogP contribution is -2.40.